The average molecular weight is 327 g/mol. The molecule has 2 aromatic heterocycles. The van der Waals surface area contributed by atoms with Crippen LogP contribution in [0, 0.1) is 12.7 Å². The number of carbonyl (C=O) groups excluding carboxylic acids is 1. The normalized spacial score (nSPS) is 10.4. The van der Waals surface area contributed by atoms with Crippen molar-refractivity contribution in [1.82, 2.24) is 20.4 Å². The molecule has 122 valence electrons. The third kappa shape index (κ3) is 3.92. The highest BCUT2D eigenvalue weighted by Crippen LogP contribution is 2.12. The van der Waals surface area contributed by atoms with E-state index in [0.29, 0.717) is 23.1 Å². The second-order valence-corrected chi connectivity index (χ2v) is 5.05. The summed E-state index contributed by atoms with van der Waals surface area (Å²) in [7, 11) is 0. The molecule has 0 radical (unpaired) electrons. The number of anilines is 2. The number of halogens is 1. The van der Waals surface area contributed by atoms with Crippen LogP contribution in [0.5, 0.6) is 0 Å². The van der Waals surface area contributed by atoms with Crippen molar-refractivity contribution in [1.29, 1.82) is 0 Å². The van der Waals surface area contributed by atoms with Crippen molar-refractivity contribution in [3.63, 3.8) is 0 Å². The van der Waals surface area contributed by atoms with E-state index in [1.54, 1.807) is 25.1 Å². The van der Waals surface area contributed by atoms with E-state index in [1.807, 2.05) is 0 Å². The van der Waals surface area contributed by atoms with Crippen molar-refractivity contribution >= 4 is 17.7 Å². The lowest BCUT2D eigenvalue weighted by atomic mass is 10.2. The molecule has 24 heavy (non-hydrogen) atoms. The van der Waals surface area contributed by atoms with Crippen molar-refractivity contribution in [2.24, 2.45) is 0 Å². The number of carbonyl (C=O) groups is 1. The van der Waals surface area contributed by atoms with Crippen LogP contribution in [-0.4, -0.2) is 21.0 Å². The summed E-state index contributed by atoms with van der Waals surface area (Å²) in [6.45, 7) is 2.06. The molecule has 2 N–H and O–H groups in total. The van der Waals surface area contributed by atoms with Crippen molar-refractivity contribution in [2.75, 3.05) is 5.32 Å². The molecule has 0 saturated heterocycles. The van der Waals surface area contributed by atoms with Crippen LogP contribution in [0.1, 0.15) is 21.7 Å². The van der Waals surface area contributed by atoms with E-state index < -0.39 is 0 Å². The molecule has 0 bridgehead atoms. The minimum atomic E-state index is -0.317. The van der Waals surface area contributed by atoms with Gasteiger partial charge in [-0.3, -0.25) is 4.79 Å². The van der Waals surface area contributed by atoms with E-state index in [4.69, 9.17) is 4.52 Å². The molecule has 0 unspecified atom stereocenters. The monoisotopic (exact) mass is 327 g/mol. The fourth-order valence-corrected chi connectivity index (χ4v) is 1.94. The molecule has 1 aromatic carbocycles. The van der Waals surface area contributed by atoms with Gasteiger partial charge in [-0.05, 0) is 24.6 Å². The summed E-state index contributed by atoms with van der Waals surface area (Å²) in [5.41, 5.74) is 1.12. The molecule has 0 fully saturated rings. The second kappa shape index (κ2) is 6.86. The maximum absolute atomic E-state index is 12.8. The molecule has 0 aliphatic rings. The Morgan fingerprint density at radius 2 is 1.92 bits per heavy atom. The SMILES string of the molecule is Cc1cc(Nc2ncc(C(=O)NCc3ccc(F)cc3)cn2)no1. The highest BCUT2D eigenvalue weighted by atomic mass is 19.1. The first kappa shape index (κ1) is 15.6. The molecule has 7 nitrogen and oxygen atoms in total. The molecule has 0 aliphatic carbocycles. The van der Waals surface area contributed by atoms with Crippen molar-refractivity contribution in [2.45, 2.75) is 13.5 Å². The van der Waals surface area contributed by atoms with Crippen LogP contribution in [0.2, 0.25) is 0 Å². The Morgan fingerprint density at radius 3 is 2.54 bits per heavy atom. The summed E-state index contributed by atoms with van der Waals surface area (Å²) in [5.74, 6) is 0.820. The summed E-state index contributed by atoms with van der Waals surface area (Å²) in [5, 5.41) is 9.34. The first-order chi connectivity index (χ1) is 11.6. The zero-order chi connectivity index (χ0) is 16.9. The Labute approximate surface area is 136 Å². The largest absolute Gasteiger partial charge is 0.360 e. The molecule has 0 aliphatic heterocycles. The fraction of sp³-hybridized carbons (Fsp3) is 0.125. The minimum Gasteiger partial charge on any atom is -0.360 e. The van der Waals surface area contributed by atoms with Gasteiger partial charge in [0.25, 0.3) is 5.91 Å². The van der Waals surface area contributed by atoms with Crippen LogP contribution in [0.25, 0.3) is 0 Å². The number of aryl methyl sites for hydroxylation is 1. The summed E-state index contributed by atoms with van der Waals surface area (Å²) < 4.78 is 17.8. The smallest absolute Gasteiger partial charge is 0.254 e. The van der Waals surface area contributed by atoms with Gasteiger partial charge in [0.1, 0.15) is 11.6 Å². The number of hydrogen-bond donors (Lipinski definition) is 2. The predicted octanol–water partition coefficient (Wildman–Crippen LogP) is 2.59. The van der Waals surface area contributed by atoms with E-state index in [2.05, 4.69) is 25.8 Å². The van der Waals surface area contributed by atoms with Gasteiger partial charge in [-0.15, -0.1) is 0 Å². The van der Waals surface area contributed by atoms with Crippen molar-refractivity contribution < 1.29 is 13.7 Å². The lowest BCUT2D eigenvalue weighted by molar-refractivity contribution is 0.0950. The van der Waals surface area contributed by atoms with Crippen LogP contribution in [-0.2, 0) is 6.54 Å². The first-order valence-electron chi connectivity index (χ1n) is 7.15. The molecular formula is C16H14FN5O2. The Bertz CT molecular complexity index is 830. The number of nitrogens with zero attached hydrogens (tertiary/aromatic N) is 3. The minimum absolute atomic E-state index is 0.289. The zero-order valence-electron chi connectivity index (χ0n) is 12.8. The number of aromatic nitrogens is 3. The number of rotatable bonds is 5. The molecule has 0 atom stereocenters. The van der Waals surface area contributed by atoms with Gasteiger partial charge in [0, 0.05) is 25.0 Å². The van der Waals surface area contributed by atoms with Gasteiger partial charge in [0.2, 0.25) is 5.95 Å². The molecule has 2 heterocycles. The Balaban J connectivity index is 1.58. The third-order valence-electron chi connectivity index (χ3n) is 3.15. The van der Waals surface area contributed by atoms with Crippen LogP contribution >= 0.6 is 0 Å². The van der Waals surface area contributed by atoms with Gasteiger partial charge in [-0.2, -0.15) is 0 Å². The van der Waals surface area contributed by atoms with Gasteiger partial charge in [-0.25, -0.2) is 14.4 Å². The summed E-state index contributed by atoms with van der Waals surface area (Å²) in [6, 6.07) is 7.61. The van der Waals surface area contributed by atoms with Crippen LogP contribution in [0.15, 0.2) is 47.2 Å². The highest BCUT2D eigenvalue weighted by Gasteiger charge is 2.08. The maximum atomic E-state index is 12.8. The second-order valence-electron chi connectivity index (χ2n) is 5.05. The molecule has 8 heteroatoms. The van der Waals surface area contributed by atoms with Crippen molar-refractivity contribution in [3.8, 4) is 0 Å². The third-order valence-corrected chi connectivity index (χ3v) is 3.15. The molecule has 3 aromatic rings. The average Bonchev–Trinajstić information content (AvgIpc) is 2.99. The molecule has 0 saturated carbocycles. The summed E-state index contributed by atoms with van der Waals surface area (Å²) in [4.78, 5) is 20.2. The van der Waals surface area contributed by atoms with E-state index in [9.17, 15) is 9.18 Å². The van der Waals surface area contributed by atoms with Gasteiger partial charge in [-0.1, -0.05) is 17.3 Å². The van der Waals surface area contributed by atoms with Crippen LogP contribution in [0.3, 0.4) is 0 Å². The van der Waals surface area contributed by atoms with Gasteiger partial charge >= 0.3 is 0 Å². The first-order valence-corrected chi connectivity index (χ1v) is 7.15. The van der Waals surface area contributed by atoms with E-state index in [-0.39, 0.29) is 18.3 Å². The lowest BCUT2D eigenvalue weighted by Gasteiger charge is -2.06. The topological polar surface area (TPSA) is 92.9 Å². The zero-order valence-corrected chi connectivity index (χ0v) is 12.8. The number of nitrogens with one attached hydrogen (secondary N) is 2. The summed E-state index contributed by atoms with van der Waals surface area (Å²) >= 11 is 0. The molecule has 3 rings (SSSR count). The van der Waals surface area contributed by atoms with Gasteiger partial charge in [0.15, 0.2) is 5.82 Å². The van der Waals surface area contributed by atoms with Crippen LogP contribution < -0.4 is 10.6 Å². The molecule has 0 spiro atoms. The molecular weight excluding hydrogens is 313 g/mol. The summed E-state index contributed by atoms with van der Waals surface area (Å²) in [6.07, 6.45) is 2.81. The van der Waals surface area contributed by atoms with Crippen LogP contribution in [0.4, 0.5) is 16.2 Å². The number of hydrogen-bond acceptors (Lipinski definition) is 6. The standard InChI is InChI=1S/C16H14FN5O2/c1-10-6-14(22-24-10)21-16-19-8-12(9-20-16)15(23)18-7-11-2-4-13(17)5-3-11/h2-6,8-9H,7H2,1H3,(H,18,23)(H,19,20,21,22). The van der Waals surface area contributed by atoms with Gasteiger partial charge in [0.05, 0.1) is 5.56 Å². The Kier molecular flexibility index (Phi) is 4.46. The quantitative estimate of drug-likeness (QED) is 0.748. The Hall–Kier alpha value is -3.29. The lowest BCUT2D eigenvalue weighted by Crippen LogP contribution is -2.23. The van der Waals surface area contributed by atoms with E-state index in [1.165, 1.54) is 24.5 Å². The fourth-order valence-electron chi connectivity index (χ4n) is 1.94. The van der Waals surface area contributed by atoms with E-state index in [0.717, 1.165) is 5.56 Å². The molecule has 1 amide bonds. The maximum Gasteiger partial charge on any atom is 0.254 e. The van der Waals surface area contributed by atoms with Crippen molar-refractivity contribution in [3.05, 3.63) is 65.4 Å². The highest BCUT2D eigenvalue weighted by molar-refractivity contribution is 5.93. The van der Waals surface area contributed by atoms with Gasteiger partial charge < -0.3 is 15.2 Å². The number of amides is 1. The van der Waals surface area contributed by atoms with E-state index >= 15 is 0 Å². The Morgan fingerprint density at radius 1 is 1.21 bits per heavy atom. The predicted molar refractivity (Wildman–Crippen MR) is 84.1 cm³/mol. The number of benzene rings is 1.